The van der Waals surface area contributed by atoms with Gasteiger partial charge in [0.05, 0.1) is 19.3 Å². The smallest absolute Gasteiger partial charge is 0.340 e. The zero-order valence-electron chi connectivity index (χ0n) is 9.93. The maximum Gasteiger partial charge on any atom is 0.340 e. The molecule has 90 valence electrons. The summed E-state index contributed by atoms with van der Waals surface area (Å²) in [6.07, 6.45) is 2.99. The van der Waals surface area contributed by atoms with Gasteiger partial charge in [0.1, 0.15) is 11.8 Å². The highest BCUT2D eigenvalue weighted by atomic mass is 16.5. The van der Waals surface area contributed by atoms with E-state index in [-0.39, 0.29) is 5.97 Å². The summed E-state index contributed by atoms with van der Waals surface area (Å²) in [7, 11) is 1.53. The molecule has 0 N–H and O–H groups in total. The number of fused-ring (bicyclic) bond motifs is 1. The fourth-order valence-electron chi connectivity index (χ4n) is 1.69. The van der Waals surface area contributed by atoms with E-state index in [1.165, 1.54) is 13.4 Å². The lowest BCUT2D eigenvalue weighted by Gasteiger charge is -2.01. The van der Waals surface area contributed by atoms with Crippen molar-refractivity contribution in [1.29, 1.82) is 0 Å². The van der Waals surface area contributed by atoms with Gasteiger partial charge in [-0.15, -0.1) is 0 Å². The number of aromatic nitrogens is 3. The molecule has 0 aliphatic heterocycles. The molecule has 0 unspecified atom stereocenters. The summed E-state index contributed by atoms with van der Waals surface area (Å²) in [5, 5.41) is 4.03. The van der Waals surface area contributed by atoms with E-state index in [1.54, 1.807) is 17.6 Å². The van der Waals surface area contributed by atoms with Gasteiger partial charge in [0.15, 0.2) is 0 Å². The largest absolute Gasteiger partial charge is 0.479 e. The summed E-state index contributed by atoms with van der Waals surface area (Å²) < 4.78 is 11.7. The molecule has 0 aliphatic rings. The van der Waals surface area contributed by atoms with Crippen LogP contribution in [0, 0.1) is 6.92 Å². The number of carbonyl (C=O) groups is 1. The zero-order valence-corrected chi connectivity index (χ0v) is 9.93. The maximum absolute atomic E-state index is 11.7. The number of nitrogens with zero attached hydrogens (tertiary/aromatic N) is 3. The normalized spacial score (nSPS) is 10.5. The van der Waals surface area contributed by atoms with Gasteiger partial charge < -0.3 is 9.47 Å². The van der Waals surface area contributed by atoms with E-state index in [4.69, 9.17) is 9.47 Å². The zero-order chi connectivity index (χ0) is 12.4. The van der Waals surface area contributed by atoms with E-state index in [2.05, 4.69) is 10.1 Å². The summed E-state index contributed by atoms with van der Waals surface area (Å²) in [4.78, 5) is 15.7. The van der Waals surface area contributed by atoms with E-state index >= 15 is 0 Å². The third-order valence-electron chi connectivity index (χ3n) is 2.48. The molecule has 0 aromatic carbocycles. The first-order valence-electron chi connectivity index (χ1n) is 5.23. The van der Waals surface area contributed by atoms with Gasteiger partial charge in [-0.1, -0.05) is 0 Å². The lowest BCUT2D eigenvalue weighted by Crippen LogP contribution is -2.04. The lowest BCUT2D eigenvalue weighted by molar-refractivity contribution is 0.0525. The van der Waals surface area contributed by atoms with E-state index in [0.29, 0.717) is 23.6 Å². The first-order chi connectivity index (χ1) is 8.19. The van der Waals surface area contributed by atoms with E-state index in [9.17, 15) is 4.79 Å². The molecule has 0 atom stereocenters. The quantitative estimate of drug-likeness (QED) is 0.748. The highest BCUT2D eigenvalue weighted by Gasteiger charge is 2.18. The van der Waals surface area contributed by atoms with Crippen LogP contribution in [0.15, 0.2) is 12.5 Å². The molecule has 6 nitrogen and oxygen atoms in total. The van der Waals surface area contributed by atoms with E-state index in [0.717, 1.165) is 5.56 Å². The highest BCUT2D eigenvalue weighted by molar-refractivity contribution is 5.94. The molecule has 0 aliphatic carbocycles. The summed E-state index contributed by atoms with van der Waals surface area (Å²) in [5.41, 5.74) is 1.91. The maximum atomic E-state index is 11.7. The Morgan fingerprint density at radius 3 is 2.94 bits per heavy atom. The van der Waals surface area contributed by atoms with Crippen molar-refractivity contribution < 1.29 is 14.3 Å². The monoisotopic (exact) mass is 235 g/mol. The van der Waals surface area contributed by atoms with Crippen LogP contribution >= 0.6 is 0 Å². The summed E-state index contributed by atoms with van der Waals surface area (Å²) in [6, 6.07) is 0. The number of esters is 1. The third-order valence-corrected chi connectivity index (χ3v) is 2.48. The second-order valence-corrected chi connectivity index (χ2v) is 3.45. The van der Waals surface area contributed by atoms with Crippen LogP contribution in [0.3, 0.4) is 0 Å². The molecule has 6 heteroatoms. The molecule has 2 rings (SSSR count). The Morgan fingerprint density at radius 1 is 1.53 bits per heavy atom. The molecule has 0 saturated carbocycles. The predicted molar refractivity (Wildman–Crippen MR) is 60.2 cm³/mol. The number of aryl methyl sites for hydroxylation is 1. The molecule has 2 aromatic heterocycles. The standard InChI is InChI=1S/C11H13N3O3/c1-4-17-11(15)8-5-14-9(7(8)2)10(16-3)12-6-13-14/h5-6H,4H2,1-3H3. The van der Waals surface area contributed by atoms with Crippen molar-refractivity contribution in [2.75, 3.05) is 13.7 Å². The SMILES string of the molecule is CCOC(=O)c1cn2ncnc(OC)c2c1C. The van der Waals surface area contributed by atoms with Crippen LogP contribution < -0.4 is 4.74 Å². The topological polar surface area (TPSA) is 65.7 Å². The number of carbonyl (C=O) groups excluding carboxylic acids is 1. The van der Waals surface area contributed by atoms with Gasteiger partial charge in [0.2, 0.25) is 5.88 Å². The fraction of sp³-hybridized carbons (Fsp3) is 0.364. The highest BCUT2D eigenvalue weighted by Crippen LogP contribution is 2.24. The van der Waals surface area contributed by atoms with Crippen LogP contribution in [0.25, 0.3) is 5.52 Å². The third kappa shape index (κ3) is 1.82. The second-order valence-electron chi connectivity index (χ2n) is 3.45. The minimum absolute atomic E-state index is 0.341. The van der Waals surface area contributed by atoms with Gasteiger partial charge in [0.25, 0.3) is 0 Å². The van der Waals surface area contributed by atoms with Crippen molar-refractivity contribution in [3.63, 3.8) is 0 Å². The van der Waals surface area contributed by atoms with Crippen LogP contribution in [0.1, 0.15) is 22.8 Å². The Balaban J connectivity index is 2.61. The minimum atomic E-state index is -0.363. The Bertz CT molecular complexity index is 562. The summed E-state index contributed by atoms with van der Waals surface area (Å²) >= 11 is 0. The molecule has 2 aromatic rings. The van der Waals surface area contributed by atoms with Crippen molar-refractivity contribution in [2.24, 2.45) is 0 Å². The number of hydrogen-bond donors (Lipinski definition) is 0. The fourth-order valence-corrected chi connectivity index (χ4v) is 1.69. The first-order valence-corrected chi connectivity index (χ1v) is 5.23. The predicted octanol–water partition coefficient (Wildman–Crippen LogP) is 1.22. The molecule has 0 bridgehead atoms. The molecule has 0 spiro atoms. The number of hydrogen-bond acceptors (Lipinski definition) is 5. The number of rotatable bonds is 3. The van der Waals surface area contributed by atoms with Crippen LogP contribution in [0.2, 0.25) is 0 Å². The number of ether oxygens (including phenoxy) is 2. The van der Waals surface area contributed by atoms with Crippen LogP contribution in [-0.2, 0) is 4.74 Å². The minimum Gasteiger partial charge on any atom is -0.479 e. The molecule has 17 heavy (non-hydrogen) atoms. The lowest BCUT2D eigenvalue weighted by atomic mass is 10.2. The Labute approximate surface area is 98.2 Å². The Kier molecular flexibility index (Phi) is 2.95. The van der Waals surface area contributed by atoms with Gasteiger partial charge in [0, 0.05) is 6.20 Å². The van der Waals surface area contributed by atoms with Crippen molar-refractivity contribution in [1.82, 2.24) is 14.6 Å². The molecule has 0 radical (unpaired) electrons. The average molecular weight is 235 g/mol. The van der Waals surface area contributed by atoms with Crippen LogP contribution in [-0.4, -0.2) is 34.3 Å². The van der Waals surface area contributed by atoms with Gasteiger partial charge in [-0.25, -0.2) is 9.31 Å². The molecule has 0 amide bonds. The van der Waals surface area contributed by atoms with Gasteiger partial charge in [-0.3, -0.25) is 0 Å². The van der Waals surface area contributed by atoms with Crippen molar-refractivity contribution >= 4 is 11.5 Å². The number of methoxy groups -OCH3 is 1. The van der Waals surface area contributed by atoms with Gasteiger partial charge in [-0.2, -0.15) is 10.1 Å². The Morgan fingerprint density at radius 2 is 2.29 bits per heavy atom. The van der Waals surface area contributed by atoms with Gasteiger partial charge in [-0.05, 0) is 19.4 Å². The second kappa shape index (κ2) is 4.40. The van der Waals surface area contributed by atoms with Crippen molar-refractivity contribution in [3.05, 3.63) is 23.7 Å². The van der Waals surface area contributed by atoms with Crippen LogP contribution in [0.5, 0.6) is 5.88 Å². The molecule has 2 heterocycles. The van der Waals surface area contributed by atoms with Crippen molar-refractivity contribution in [2.45, 2.75) is 13.8 Å². The summed E-state index contributed by atoms with van der Waals surface area (Å²) in [6.45, 7) is 3.92. The van der Waals surface area contributed by atoms with Crippen LogP contribution in [0.4, 0.5) is 0 Å². The van der Waals surface area contributed by atoms with E-state index < -0.39 is 0 Å². The van der Waals surface area contributed by atoms with E-state index in [1.807, 2.05) is 6.92 Å². The molecular formula is C11H13N3O3. The average Bonchev–Trinajstić information content (AvgIpc) is 2.67. The molecule has 0 fully saturated rings. The Hall–Kier alpha value is -2.11. The first kappa shape index (κ1) is 11.4. The van der Waals surface area contributed by atoms with Gasteiger partial charge >= 0.3 is 5.97 Å². The summed E-state index contributed by atoms with van der Waals surface area (Å²) in [5.74, 6) is 0.0746. The van der Waals surface area contributed by atoms with Crippen molar-refractivity contribution in [3.8, 4) is 5.88 Å². The molecule has 0 saturated heterocycles. The molecular weight excluding hydrogens is 222 g/mol.